The number of carbonyl (C=O) groups excluding carboxylic acids is 2. The van der Waals surface area contributed by atoms with E-state index in [1.165, 1.54) is 24.8 Å². The SMILES string of the molecule is O=C(CCc1ccccc1)NC[C@@H]1CN(C2CCN(C3CCC3)CC2)C(=O)CO1. The number of rotatable bonds is 7. The fourth-order valence-electron chi connectivity index (χ4n) is 4.66. The first-order valence-corrected chi connectivity index (χ1v) is 11.1. The molecular weight excluding hydrogens is 366 g/mol. The lowest BCUT2D eigenvalue weighted by Gasteiger charge is -2.45. The number of aryl methyl sites for hydroxylation is 1. The summed E-state index contributed by atoms with van der Waals surface area (Å²) in [4.78, 5) is 29.2. The topological polar surface area (TPSA) is 61.9 Å². The number of carbonyl (C=O) groups is 2. The maximum absolute atomic E-state index is 12.4. The molecule has 0 spiro atoms. The van der Waals surface area contributed by atoms with Crippen LogP contribution in [0.3, 0.4) is 0 Å². The molecule has 1 saturated carbocycles. The molecule has 6 heteroatoms. The first kappa shape index (κ1) is 20.4. The van der Waals surface area contributed by atoms with Crippen LogP contribution < -0.4 is 5.32 Å². The number of piperidine rings is 1. The highest BCUT2D eigenvalue weighted by Crippen LogP contribution is 2.29. The summed E-state index contributed by atoms with van der Waals surface area (Å²) in [6.07, 6.45) is 7.25. The lowest BCUT2D eigenvalue weighted by Crippen LogP contribution is -2.57. The van der Waals surface area contributed by atoms with E-state index in [2.05, 4.69) is 10.2 Å². The third-order valence-electron chi connectivity index (χ3n) is 6.70. The predicted octanol–water partition coefficient (Wildman–Crippen LogP) is 1.98. The van der Waals surface area contributed by atoms with E-state index < -0.39 is 0 Å². The summed E-state index contributed by atoms with van der Waals surface area (Å²) < 4.78 is 5.69. The van der Waals surface area contributed by atoms with Crippen LogP contribution in [0, 0.1) is 0 Å². The maximum atomic E-state index is 12.4. The third kappa shape index (κ3) is 5.37. The number of hydrogen-bond donors (Lipinski definition) is 1. The van der Waals surface area contributed by atoms with Crippen LogP contribution in [0.1, 0.15) is 44.1 Å². The standard InChI is InChI=1S/C23H33N3O3/c27-22(10-9-18-5-2-1-3-6-18)24-15-21-16-26(23(28)17-29-21)20-11-13-25(14-12-20)19-7-4-8-19/h1-3,5-6,19-21H,4,7-17H2,(H,24,27)/t21-/m1/s1. The molecule has 1 N–H and O–H groups in total. The summed E-state index contributed by atoms with van der Waals surface area (Å²) in [5.74, 6) is 0.133. The Morgan fingerprint density at radius 3 is 2.52 bits per heavy atom. The van der Waals surface area contributed by atoms with E-state index in [0.29, 0.717) is 25.6 Å². The number of amides is 2. The highest BCUT2D eigenvalue weighted by Gasteiger charge is 2.35. The van der Waals surface area contributed by atoms with Gasteiger partial charge in [0.2, 0.25) is 11.8 Å². The van der Waals surface area contributed by atoms with Gasteiger partial charge in [0.05, 0.1) is 6.10 Å². The molecular formula is C23H33N3O3. The first-order valence-electron chi connectivity index (χ1n) is 11.1. The molecule has 3 aliphatic rings. The van der Waals surface area contributed by atoms with Gasteiger partial charge >= 0.3 is 0 Å². The maximum Gasteiger partial charge on any atom is 0.248 e. The molecule has 158 valence electrons. The van der Waals surface area contributed by atoms with Crippen LogP contribution in [-0.2, 0) is 20.7 Å². The monoisotopic (exact) mass is 399 g/mol. The molecule has 1 aliphatic carbocycles. The van der Waals surface area contributed by atoms with Crippen LogP contribution in [0.25, 0.3) is 0 Å². The molecule has 2 amide bonds. The molecule has 1 aromatic rings. The van der Waals surface area contributed by atoms with Crippen molar-refractivity contribution in [2.75, 3.05) is 32.8 Å². The zero-order chi connectivity index (χ0) is 20.1. The van der Waals surface area contributed by atoms with E-state index in [4.69, 9.17) is 4.74 Å². The summed E-state index contributed by atoms with van der Waals surface area (Å²) in [5.41, 5.74) is 1.17. The van der Waals surface area contributed by atoms with Crippen molar-refractivity contribution < 1.29 is 14.3 Å². The zero-order valence-electron chi connectivity index (χ0n) is 17.2. The van der Waals surface area contributed by atoms with E-state index in [9.17, 15) is 9.59 Å². The molecule has 0 radical (unpaired) electrons. The molecule has 29 heavy (non-hydrogen) atoms. The van der Waals surface area contributed by atoms with Crippen molar-refractivity contribution in [2.24, 2.45) is 0 Å². The minimum Gasteiger partial charge on any atom is -0.365 e. The quantitative estimate of drug-likeness (QED) is 0.762. The summed E-state index contributed by atoms with van der Waals surface area (Å²) in [5, 5.41) is 2.99. The predicted molar refractivity (Wildman–Crippen MR) is 111 cm³/mol. The van der Waals surface area contributed by atoms with Gasteiger partial charge in [0, 0.05) is 44.7 Å². The second-order valence-electron chi connectivity index (χ2n) is 8.62. The van der Waals surface area contributed by atoms with Gasteiger partial charge in [0.25, 0.3) is 0 Å². The van der Waals surface area contributed by atoms with Gasteiger partial charge in [0.15, 0.2) is 0 Å². The summed E-state index contributed by atoms with van der Waals surface area (Å²) in [7, 11) is 0. The highest BCUT2D eigenvalue weighted by atomic mass is 16.5. The largest absolute Gasteiger partial charge is 0.365 e. The fraction of sp³-hybridized carbons (Fsp3) is 0.652. The van der Waals surface area contributed by atoms with E-state index in [-0.39, 0.29) is 24.5 Å². The van der Waals surface area contributed by atoms with Gasteiger partial charge in [0.1, 0.15) is 6.61 Å². The minimum absolute atomic E-state index is 0.0368. The van der Waals surface area contributed by atoms with E-state index >= 15 is 0 Å². The number of benzene rings is 1. The Morgan fingerprint density at radius 1 is 1.07 bits per heavy atom. The summed E-state index contributed by atoms with van der Waals surface area (Å²) in [6.45, 7) is 3.39. The molecule has 0 aromatic heterocycles. The van der Waals surface area contributed by atoms with E-state index in [1.807, 2.05) is 35.2 Å². The Bertz CT molecular complexity index is 684. The van der Waals surface area contributed by atoms with Gasteiger partial charge < -0.3 is 19.9 Å². The van der Waals surface area contributed by atoms with Gasteiger partial charge in [-0.25, -0.2) is 0 Å². The second-order valence-corrected chi connectivity index (χ2v) is 8.62. The van der Waals surface area contributed by atoms with Crippen molar-refractivity contribution >= 4 is 11.8 Å². The first-order chi connectivity index (χ1) is 14.2. The van der Waals surface area contributed by atoms with Gasteiger partial charge in [-0.1, -0.05) is 36.8 Å². The molecule has 1 atom stereocenters. The number of nitrogens with zero attached hydrogens (tertiary/aromatic N) is 2. The summed E-state index contributed by atoms with van der Waals surface area (Å²) >= 11 is 0. The molecule has 2 aliphatic heterocycles. The molecule has 1 aromatic carbocycles. The third-order valence-corrected chi connectivity index (χ3v) is 6.70. The van der Waals surface area contributed by atoms with Crippen molar-refractivity contribution in [1.82, 2.24) is 15.1 Å². The Balaban J connectivity index is 1.19. The van der Waals surface area contributed by atoms with Crippen LogP contribution in [0.5, 0.6) is 0 Å². The Kier molecular flexibility index (Phi) is 6.82. The highest BCUT2D eigenvalue weighted by molar-refractivity contribution is 5.79. The second kappa shape index (κ2) is 9.72. The van der Waals surface area contributed by atoms with Gasteiger partial charge in [-0.15, -0.1) is 0 Å². The number of hydrogen-bond acceptors (Lipinski definition) is 4. The molecule has 2 saturated heterocycles. The normalized spacial score (nSPS) is 24.3. The molecule has 2 heterocycles. The van der Waals surface area contributed by atoms with Crippen LogP contribution in [-0.4, -0.2) is 72.6 Å². The van der Waals surface area contributed by atoms with Crippen molar-refractivity contribution in [3.8, 4) is 0 Å². The number of ether oxygens (including phenoxy) is 1. The van der Waals surface area contributed by atoms with E-state index in [1.54, 1.807) is 0 Å². The zero-order valence-corrected chi connectivity index (χ0v) is 17.2. The van der Waals surface area contributed by atoms with Crippen LogP contribution in [0.15, 0.2) is 30.3 Å². The Morgan fingerprint density at radius 2 is 1.83 bits per heavy atom. The van der Waals surface area contributed by atoms with Crippen LogP contribution >= 0.6 is 0 Å². The van der Waals surface area contributed by atoms with Gasteiger partial charge in [-0.3, -0.25) is 9.59 Å². The van der Waals surface area contributed by atoms with Crippen molar-refractivity contribution in [1.29, 1.82) is 0 Å². The average Bonchev–Trinajstić information content (AvgIpc) is 2.72. The van der Waals surface area contributed by atoms with Crippen LogP contribution in [0.2, 0.25) is 0 Å². The van der Waals surface area contributed by atoms with Gasteiger partial charge in [-0.2, -0.15) is 0 Å². The number of likely N-dealkylation sites (tertiary alicyclic amines) is 1. The average molecular weight is 400 g/mol. The Hall–Kier alpha value is -1.92. The van der Waals surface area contributed by atoms with E-state index in [0.717, 1.165) is 38.4 Å². The van der Waals surface area contributed by atoms with Crippen molar-refractivity contribution in [3.63, 3.8) is 0 Å². The minimum atomic E-state index is -0.113. The Labute approximate surface area is 173 Å². The van der Waals surface area contributed by atoms with Crippen LogP contribution in [0.4, 0.5) is 0 Å². The lowest BCUT2D eigenvalue weighted by molar-refractivity contribution is -0.153. The number of nitrogens with one attached hydrogen (secondary N) is 1. The fourth-order valence-corrected chi connectivity index (χ4v) is 4.66. The smallest absolute Gasteiger partial charge is 0.248 e. The van der Waals surface area contributed by atoms with Crippen molar-refractivity contribution in [2.45, 2.75) is 63.1 Å². The van der Waals surface area contributed by atoms with Gasteiger partial charge in [-0.05, 0) is 37.7 Å². The summed E-state index contributed by atoms with van der Waals surface area (Å²) in [6, 6.07) is 11.1. The lowest BCUT2D eigenvalue weighted by atomic mass is 9.89. The number of morpholine rings is 1. The molecule has 0 unspecified atom stereocenters. The molecule has 6 nitrogen and oxygen atoms in total. The van der Waals surface area contributed by atoms with Crippen molar-refractivity contribution in [3.05, 3.63) is 35.9 Å². The molecule has 4 rings (SSSR count). The molecule has 3 fully saturated rings. The molecule has 0 bridgehead atoms.